The van der Waals surface area contributed by atoms with Crippen molar-refractivity contribution >= 4 is 32.6 Å². The molecule has 21 heavy (non-hydrogen) atoms. The third-order valence-corrected chi connectivity index (χ3v) is 6.34. The van der Waals surface area contributed by atoms with Crippen LogP contribution in [0.25, 0.3) is 0 Å². The van der Waals surface area contributed by atoms with Gasteiger partial charge in [0.1, 0.15) is 16.5 Å². The van der Waals surface area contributed by atoms with E-state index in [2.05, 4.69) is 5.32 Å². The van der Waals surface area contributed by atoms with Gasteiger partial charge < -0.3 is 5.32 Å². The zero-order valence-corrected chi connectivity index (χ0v) is 13.4. The molecule has 0 unspecified atom stereocenters. The van der Waals surface area contributed by atoms with E-state index in [-0.39, 0.29) is 22.2 Å². The van der Waals surface area contributed by atoms with Crippen LogP contribution in [-0.4, -0.2) is 19.5 Å². The molecule has 1 aliphatic rings. The number of carbonyl (C=O) groups is 1. The van der Waals surface area contributed by atoms with E-state index in [0.717, 1.165) is 12.8 Å². The quantitative estimate of drug-likeness (QED) is 0.642. The number of allylic oxidation sites excluding steroid dienone is 1. The first-order valence-electron chi connectivity index (χ1n) is 6.59. The molecular formula is C14H16N2O3S2. The van der Waals surface area contributed by atoms with E-state index in [1.807, 2.05) is 6.07 Å². The summed E-state index contributed by atoms with van der Waals surface area (Å²) in [6, 6.07) is 1.87. The summed E-state index contributed by atoms with van der Waals surface area (Å²) < 4.78 is 24.4. The van der Waals surface area contributed by atoms with Gasteiger partial charge in [-0.1, -0.05) is 0 Å². The number of carbonyl (C=O) groups excluding carboxylic acids is 1. The van der Waals surface area contributed by atoms with Crippen molar-refractivity contribution < 1.29 is 13.2 Å². The average molecular weight is 324 g/mol. The molecule has 0 saturated heterocycles. The summed E-state index contributed by atoms with van der Waals surface area (Å²) in [5.74, 6) is -0.215. The van der Waals surface area contributed by atoms with Crippen molar-refractivity contribution in [3.63, 3.8) is 0 Å². The summed E-state index contributed by atoms with van der Waals surface area (Å²) in [4.78, 5) is 12.0. The van der Waals surface area contributed by atoms with Crippen LogP contribution in [-0.2, 0) is 14.6 Å². The predicted octanol–water partition coefficient (Wildman–Crippen LogP) is 2.73. The Kier molecular flexibility index (Phi) is 4.49. The first-order chi connectivity index (χ1) is 9.87. The Morgan fingerprint density at radius 3 is 2.67 bits per heavy atom. The van der Waals surface area contributed by atoms with Crippen molar-refractivity contribution in [1.29, 1.82) is 5.26 Å². The molecule has 0 amide bonds. The Balaban J connectivity index is 2.23. The lowest BCUT2D eigenvalue weighted by Gasteiger charge is -2.08. The number of rotatable bonds is 6. The number of Topliss-reactive ketones (excluding diaryl/α,β-unsaturated/α-hetero) is 1. The van der Waals surface area contributed by atoms with Gasteiger partial charge in [0, 0.05) is 22.9 Å². The molecule has 0 aromatic carbocycles. The molecule has 0 bridgehead atoms. The summed E-state index contributed by atoms with van der Waals surface area (Å²) in [5, 5.41) is 14.5. The van der Waals surface area contributed by atoms with Crippen LogP contribution in [0.15, 0.2) is 27.4 Å². The third kappa shape index (κ3) is 3.34. The molecule has 7 heteroatoms. The normalized spacial score (nSPS) is 15.8. The van der Waals surface area contributed by atoms with Gasteiger partial charge in [0.2, 0.25) is 0 Å². The van der Waals surface area contributed by atoms with E-state index in [9.17, 15) is 13.2 Å². The number of hydrogen-bond acceptors (Lipinski definition) is 6. The number of sulfone groups is 1. The van der Waals surface area contributed by atoms with Crippen LogP contribution in [0.1, 0.15) is 26.7 Å². The Hall–Kier alpha value is -1.65. The van der Waals surface area contributed by atoms with E-state index in [0.29, 0.717) is 5.69 Å². The number of nitrogens with zero attached hydrogens (tertiary/aromatic N) is 1. The summed E-state index contributed by atoms with van der Waals surface area (Å²) >= 11 is 1.26. The molecule has 0 atom stereocenters. The van der Waals surface area contributed by atoms with Crippen LogP contribution in [0, 0.1) is 17.2 Å². The summed E-state index contributed by atoms with van der Waals surface area (Å²) in [5.41, 5.74) is 0.446. The SMILES string of the molecule is CC(C)S(=O)(=O)c1cscc1N/C=C(\C#N)C(=O)C1CC1. The summed E-state index contributed by atoms with van der Waals surface area (Å²) in [7, 11) is -3.39. The van der Waals surface area contributed by atoms with E-state index in [1.54, 1.807) is 24.6 Å². The van der Waals surface area contributed by atoms with Crippen LogP contribution in [0.2, 0.25) is 0 Å². The standard InChI is InChI=1S/C14H16N2O3S2/c1-9(2)21(18,19)13-8-20-7-12(13)16-6-11(5-15)14(17)10-3-4-10/h6-10,16H,3-4H2,1-2H3/b11-6+. The molecule has 0 aliphatic heterocycles. The first-order valence-corrected chi connectivity index (χ1v) is 9.08. The largest absolute Gasteiger partial charge is 0.359 e. The van der Waals surface area contributed by atoms with E-state index in [4.69, 9.17) is 5.26 Å². The van der Waals surface area contributed by atoms with Gasteiger partial charge in [-0.3, -0.25) is 4.79 Å². The fourth-order valence-electron chi connectivity index (χ4n) is 1.74. The number of nitriles is 1. The van der Waals surface area contributed by atoms with Crippen LogP contribution < -0.4 is 5.32 Å². The van der Waals surface area contributed by atoms with Gasteiger partial charge in [0.15, 0.2) is 15.6 Å². The molecule has 1 N–H and O–H groups in total. The first kappa shape index (κ1) is 15.7. The van der Waals surface area contributed by atoms with Crippen LogP contribution >= 0.6 is 11.3 Å². The number of anilines is 1. The summed E-state index contributed by atoms with van der Waals surface area (Å²) in [6.07, 6.45) is 2.95. The monoisotopic (exact) mass is 324 g/mol. The zero-order valence-electron chi connectivity index (χ0n) is 11.8. The lowest BCUT2D eigenvalue weighted by atomic mass is 10.1. The maximum absolute atomic E-state index is 12.2. The fraction of sp³-hybridized carbons (Fsp3) is 0.429. The molecule has 0 spiro atoms. The molecule has 1 heterocycles. The lowest BCUT2D eigenvalue weighted by Crippen LogP contribution is -2.14. The molecule has 112 valence electrons. The predicted molar refractivity (Wildman–Crippen MR) is 81.7 cm³/mol. The Labute approximate surface area is 128 Å². The molecule has 1 aliphatic carbocycles. The van der Waals surface area contributed by atoms with Gasteiger partial charge in [-0.15, -0.1) is 11.3 Å². The van der Waals surface area contributed by atoms with Gasteiger partial charge in [0.05, 0.1) is 10.9 Å². The van der Waals surface area contributed by atoms with Crippen molar-refractivity contribution in [3.05, 3.63) is 22.5 Å². The minimum atomic E-state index is -3.39. The molecular weight excluding hydrogens is 308 g/mol. The Morgan fingerprint density at radius 1 is 1.48 bits per heavy atom. The van der Waals surface area contributed by atoms with Crippen molar-refractivity contribution in [3.8, 4) is 6.07 Å². The fourth-order valence-corrected chi connectivity index (χ4v) is 4.10. The Morgan fingerprint density at radius 2 is 2.14 bits per heavy atom. The molecule has 1 saturated carbocycles. The maximum Gasteiger partial charge on any atom is 0.183 e. The molecule has 0 radical (unpaired) electrons. The van der Waals surface area contributed by atoms with E-state index < -0.39 is 15.1 Å². The molecule has 1 aromatic rings. The van der Waals surface area contributed by atoms with E-state index in [1.165, 1.54) is 17.5 Å². The topological polar surface area (TPSA) is 87.0 Å². The smallest absolute Gasteiger partial charge is 0.183 e. The minimum Gasteiger partial charge on any atom is -0.359 e. The highest BCUT2D eigenvalue weighted by Crippen LogP contribution is 2.33. The van der Waals surface area contributed by atoms with Crippen molar-refractivity contribution in [2.75, 3.05) is 5.32 Å². The average Bonchev–Trinajstić information content (AvgIpc) is 3.17. The highest BCUT2D eigenvalue weighted by molar-refractivity contribution is 7.92. The second-order valence-corrected chi connectivity index (χ2v) is 8.41. The molecule has 1 aromatic heterocycles. The maximum atomic E-state index is 12.2. The van der Waals surface area contributed by atoms with Crippen molar-refractivity contribution in [2.24, 2.45) is 5.92 Å². The van der Waals surface area contributed by atoms with Crippen LogP contribution in [0.5, 0.6) is 0 Å². The van der Waals surface area contributed by atoms with Crippen molar-refractivity contribution in [1.82, 2.24) is 0 Å². The Bertz CT molecular complexity index is 720. The number of nitrogens with one attached hydrogen (secondary N) is 1. The summed E-state index contributed by atoms with van der Waals surface area (Å²) in [6.45, 7) is 3.23. The van der Waals surface area contributed by atoms with Gasteiger partial charge >= 0.3 is 0 Å². The highest BCUT2D eigenvalue weighted by Gasteiger charge is 2.32. The van der Waals surface area contributed by atoms with Crippen LogP contribution in [0.3, 0.4) is 0 Å². The van der Waals surface area contributed by atoms with E-state index >= 15 is 0 Å². The number of thiophene rings is 1. The second kappa shape index (κ2) is 6.00. The molecule has 1 fully saturated rings. The molecule has 2 rings (SSSR count). The van der Waals surface area contributed by atoms with Crippen molar-refractivity contribution in [2.45, 2.75) is 36.8 Å². The second-order valence-electron chi connectivity index (χ2n) is 5.20. The number of hydrogen-bond donors (Lipinski definition) is 1. The van der Waals surface area contributed by atoms with Gasteiger partial charge in [0.25, 0.3) is 0 Å². The van der Waals surface area contributed by atoms with Gasteiger partial charge in [-0.25, -0.2) is 8.42 Å². The highest BCUT2D eigenvalue weighted by atomic mass is 32.2. The number of ketones is 1. The van der Waals surface area contributed by atoms with Crippen LogP contribution in [0.4, 0.5) is 5.69 Å². The third-order valence-electron chi connectivity index (χ3n) is 3.26. The minimum absolute atomic E-state index is 0.0385. The lowest BCUT2D eigenvalue weighted by molar-refractivity contribution is -0.116. The molecule has 5 nitrogen and oxygen atoms in total. The van der Waals surface area contributed by atoms with Gasteiger partial charge in [-0.2, -0.15) is 5.26 Å². The van der Waals surface area contributed by atoms with Gasteiger partial charge in [-0.05, 0) is 26.7 Å². The zero-order chi connectivity index (χ0) is 15.6.